The van der Waals surface area contributed by atoms with Gasteiger partial charge in [0.1, 0.15) is 11.0 Å². The van der Waals surface area contributed by atoms with Crippen molar-refractivity contribution in [3.8, 4) is 6.07 Å². The standard InChI is InChI=1S/C15H15N5O2S/c1-9-4-5-12(15-14(9)11(6-16)7-17-15)19-23(21,22)13-8-20(3)18-10(13)2/h4-5,7-8,17,19H,1-3H3. The molecule has 3 rings (SSSR count). The highest BCUT2D eigenvalue weighted by Crippen LogP contribution is 2.30. The van der Waals surface area contributed by atoms with Crippen molar-refractivity contribution < 1.29 is 8.42 Å². The molecule has 2 N–H and O–H groups in total. The predicted octanol–water partition coefficient (Wildman–Crippen LogP) is 2.19. The Morgan fingerprint density at radius 2 is 2.09 bits per heavy atom. The molecule has 7 nitrogen and oxygen atoms in total. The molecule has 2 aromatic heterocycles. The van der Waals surface area contributed by atoms with Crippen molar-refractivity contribution >= 4 is 26.6 Å². The molecular formula is C15H15N5O2S. The highest BCUT2D eigenvalue weighted by molar-refractivity contribution is 7.92. The Labute approximate surface area is 133 Å². The SMILES string of the molecule is Cc1nn(C)cc1S(=O)(=O)Nc1ccc(C)c2c(C#N)c[nH]c12. The summed E-state index contributed by atoms with van der Waals surface area (Å²) in [5, 5.41) is 13.9. The van der Waals surface area contributed by atoms with Crippen molar-refractivity contribution in [2.75, 3.05) is 4.72 Å². The van der Waals surface area contributed by atoms with Crippen LogP contribution in [0, 0.1) is 25.2 Å². The molecule has 0 saturated heterocycles. The van der Waals surface area contributed by atoms with E-state index in [-0.39, 0.29) is 4.90 Å². The summed E-state index contributed by atoms with van der Waals surface area (Å²) in [4.78, 5) is 3.10. The number of sulfonamides is 1. The zero-order valence-corrected chi connectivity index (χ0v) is 13.7. The third-order valence-corrected chi connectivity index (χ3v) is 5.14. The molecule has 2 heterocycles. The predicted molar refractivity (Wildman–Crippen MR) is 86.5 cm³/mol. The molecule has 0 saturated carbocycles. The quantitative estimate of drug-likeness (QED) is 0.768. The average molecular weight is 329 g/mol. The number of anilines is 1. The molecule has 0 unspecified atom stereocenters. The molecule has 0 fully saturated rings. The van der Waals surface area contributed by atoms with E-state index < -0.39 is 10.0 Å². The fourth-order valence-electron chi connectivity index (χ4n) is 2.64. The van der Waals surface area contributed by atoms with E-state index in [1.165, 1.54) is 10.9 Å². The average Bonchev–Trinajstić information content (AvgIpc) is 3.06. The third kappa shape index (κ3) is 2.45. The molecule has 0 aliphatic rings. The number of fused-ring (bicyclic) bond motifs is 1. The first-order valence-corrected chi connectivity index (χ1v) is 8.35. The smallest absolute Gasteiger partial charge is 0.265 e. The van der Waals surface area contributed by atoms with Crippen LogP contribution in [0.2, 0.25) is 0 Å². The summed E-state index contributed by atoms with van der Waals surface area (Å²) < 4.78 is 29.2. The number of nitrogens with zero attached hydrogens (tertiary/aromatic N) is 3. The minimum absolute atomic E-state index is 0.126. The van der Waals surface area contributed by atoms with E-state index in [9.17, 15) is 8.42 Å². The van der Waals surface area contributed by atoms with E-state index in [2.05, 4.69) is 20.9 Å². The topological polar surface area (TPSA) is 104 Å². The molecule has 8 heteroatoms. The summed E-state index contributed by atoms with van der Waals surface area (Å²) in [7, 11) is -2.09. The summed E-state index contributed by atoms with van der Waals surface area (Å²) in [6, 6.07) is 5.57. The van der Waals surface area contributed by atoms with Gasteiger partial charge in [-0.3, -0.25) is 9.40 Å². The Morgan fingerprint density at radius 3 is 2.70 bits per heavy atom. The number of benzene rings is 1. The molecule has 0 atom stereocenters. The second-order valence-electron chi connectivity index (χ2n) is 5.35. The fraction of sp³-hybridized carbons (Fsp3) is 0.200. The minimum atomic E-state index is -3.76. The minimum Gasteiger partial charge on any atom is -0.358 e. The van der Waals surface area contributed by atoms with Gasteiger partial charge in [-0.2, -0.15) is 10.4 Å². The van der Waals surface area contributed by atoms with E-state index in [0.29, 0.717) is 22.5 Å². The number of hydrogen-bond acceptors (Lipinski definition) is 4. The van der Waals surface area contributed by atoms with E-state index >= 15 is 0 Å². The molecule has 0 aliphatic heterocycles. The molecule has 0 spiro atoms. The lowest BCUT2D eigenvalue weighted by Gasteiger charge is -2.09. The molecule has 0 bridgehead atoms. The molecule has 0 radical (unpaired) electrons. The molecule has 3 aromatic rings. The summed E-state index contributed by atoms with van der Waals surface area (Å²) in [6.07, 6.45) is 3.03. The van der Waals surface area contributed by atoms with Gasteiger partial charge in [0.15, 0.2) is 0 Å². The highest BCUT2D eigenvalue weighted by atomic mass is 32.2. The maximum atomic E-state index is 12.6. The summed E-state index contributed by atoms with van der Waals surface area (Å²) in [6.45, 7) is 3.52. The Bertz CT molecular complexity index is 1050. The van der Waals surface area contributed by atoms with Crippen molar-refractivity contribution in [3.05, 3.63) is 41.3 Å². The van der Waals surface area contributed by atoms with Crippen LogP contribution in [-0.4, -0.2) is 23.2 Å². The number of aromatic nitrogens is 3. The van der Waals surface area contributed by atoms with Crippen LogP contribution in [0.3, 0.4) is 0 Å². The first-order valence-electron chi connectivity index (χ1n) is 6.87. The van der Waals surface area contributed by atoms with Gasteiger partial charge in [0.2, 0.25) is 0 Å². The van der Waals surface area contributed by atoms with Gasteiger partial charge >= 0.3 is 0 Å². The van der Waals surface area contributed by atoms with Crippen LogP contribution in [0.4, 0.5) is 5.69 Å². The largest absolute Gasteiger partial charge is 0.358 e. The van der Waals surface area contributed by atoms with Gasteiger partial charge in [0.05, 0.1) is 22.5 Å². The van der Waals surface area contributed by atoms with Gasteiger partial charge < -0.3 is 4.98 Å². The lowest BCUT2D eigenvalue weighted by molar-refractivity contribution is 0.600. The van der Waals surface area contributed by atoms with Crippen molar-refractivity contribution in [2.24, 2.45) is 7.05 Å². The molecule has 23 heavy (non-hydrogen) atoms. The van der Waals surface area contributed by atoms with Crippen LogP contribution in [0.1, 0.15) is 16.8 Å². The third-order valence-electron chi connectivity index (χ3n) is 3.67. The summed E-state index contributed by atoms with van der Waals surface area (Å²) >= 11 is 0. The van der Waals surface area contributed by atoms with Crippen LogP contribution in [0.25, 0.3) is 10.9 Å². The van der Waals surface area contributed by atoms with Crippen LogP contribution in [-0.2, 0) is 17.1 Å². The lowest BCUT2D eigenvalue weighted by atomic mass is 10.1. The molecular weight excluding hydrogens is 314 g/mol. The number of nitrogens with one attached hydrogen (secondary N) is 2. The van der Waals surface area contributed by atoms with E-state index in [1.54, 1.807) is 32.3 Å². The Balaban J connectivity index is 2.12. The number of hydrogen-bond donors (Lipinski definition) is 2. The first kappa shape index (κ1) is 15.1. The summed E-state index contributed by atoms with van der Waals surface area (Å²) in [5.41, 5.74) is 2.80. The lowest BCUT2D eigenvalue weighted by Crippen LogP contribution is -2.13. The van der Waals surface area contributed by atoms with Gasteiger partial charge in [-0.05, 0) is 25.5 Å². The summed E-state index contributed by atoms with van der Waals surface area (Å²) in [5.74, 6) is 0. The van der Waals surface area contributed by atoms with Crippen LogP contribution < -0.4 is 4.72 Å². The Hall–Kier alpha value is -2.79. The van der Waals surface area contributed by atoms with Crippen LogP contribution in [0.5, 0.6) is 0 Å². The van der Waals surface area contributed by atoms with Crippen molar-refractivity contribution in [2.45, 2.75) is 18.7 Å². The van der Waals surface area contributed by atoms with Gasteiger partial charge in [-0.1, -0.05) is 6.07 Å². The number of rotatable bonds is 3. The Morgan fingerprint density at radius 1 is 1.35 bits per heavy atom. The number of aromatic amines is 1. The van der Waals surface area contributed by atoms with Gasteiger partial charge in [-0.15, -0.1) is 0 Å². The van der Waals surface area contributed by atoms with Crippen molar-refractivity contribution in [1.82, 2.24) is 14.8 Å². The van der Waals surface area contributed by atoms with E-state index in [0.717, 1.165) is 10.9 Å². The van der Waals surface area contributed by atoms with Crippen LogP contribution >= 0.6 is 0 Å². The van der Waals surface area contributed by atoms with E-state index in [1.807, 2.05) is 6.92 Å². The maximum Gasteiger partial charge on any atom is 0.265 e. The van der Waals surface area contributed by atoms with Crippen molar-refractivity contribution in [3.63, 3.8) is 0 Å². The number of aryl methyl sites for hydroxylation is 3. The molecule has 118 valence electrons. The van der Waals surface area contributed by atoms with Gasteiger partial charge in [0.25, 0.3) is 10.0 Å². The second-order valence-corrected chi connectivity index (χ2v) is 7.00. The van der Waals surface area contributed by atoms with E-state index in [4.69, 9.17) is 5.26 Å². The maximum absolute atomic E-state index is 12.6. The fourth-order valence-corrected chi connectivity index (χ4v) is 3.93. The molecule has 0 aliphatic carbocycles. The zero-order valence-electron chi connectivity index (χ0n) is 12.9. The molecule has 0 amide bonds. The zero-order chi connectivity index (χ0) is 16.8. The first-order chi connectivity index (χ1) is 10.8. The number of nitriles is 1. The monoisotopic (exact) mass is 329 g/mol. The Kier molecular flexibility index (Phi) is 3.38. The van der Waals surface area contributed by atoms with Crippen LogP contribution in [0.15, 0.2) is 29.4 Å². The second kappa shape index (κ2) is 5.14. The molecule has 1 aromatic carbocycles. The van der Waals surface area contributed by atoms with Gasteiger partial charge in [-0.25, -0.2) is 8.42 Å². The highest BCUT2D eigenvalue weighted by Gasteiger charge is 2.21. The number of H-pyrrole nitrogens is 1. The normalized spacial score (nSPS) is 11.6. The van der Waals surface area contributed by atoms with Gasteiger partial charge in [0, 0.05) is 24.8 Å². The van der Waals surface area contributed by atoms with Crippen molar-refractivity contribution in [1.29, 1.82) is 5.26 Å².